The van der Waals surface area contributed by atoms with Crippen molar-refractivity contribution in [2.75, 3.05) is 17.7 Å². The average Bonchev–Trinajstić information content (AvgIpc) is 2.75. The van der Waals surface area contributed by atoms with Gasteiger partial charge in [-0.25, -0.2) is 4.98 Å². The Morgan fingerprint density at radius 3 is 2.82 bits per heavy atom. The van der Waals surface area contributed by atoms with Gasteiger partial charge in [0.1, 0.15) is 5.82 Å². The van der Waals surface area contributed by atoms with Crippen LogP contribution in [0.3, 0.4) is 0 Å². The van der Waals surface area contributed by atoms with Crippen molar-refractivity contribution >= 4 is 44.7 Å². The Bertz CT molecular complexity index is 538. The highest BCUT2D eigenvalue weighted by Gasteiger charge is 2.15. The zero-order valence-electron chi connectivity index (χ0n) is 9.05. The van der Waals surface area contributed by atoms with Crippen molar-refractivity contribution < 1.29 is 4.79 Å². The number of nitrogens with zero attached hydrogens (tertiary/aromatic N) is 2. The fourth-order valence-corrected chi connectivity index (χ4v) is 2.70. The van der Waals surface area contributed by atoms with E-state index in [9.17, 15) is 4.79 Å². The van der Waals surface area contributed by atoms with Crippen LogP contribution in [0.4, 0.5) is 11.5 Å². The van der Waals surface area contributed by atoms with Gasteiger partial charge in [-0.1, -0.05) is 0 Å². The van der Waals surface area contributed by atoms with Crippen LogP contribution in [0.1, 0.15) is 9.67 Å². The number of pyridine rings is 1. The second-order valence-corrected chi connectivity index (χ2v) is 5.26. The fraction of sp³-hybridized carbons (Fsp3) is 0.0909. The predicted molar refractivity (Wildman–Crippen MR) is 73.4 cm³/mol. The lowest BCUT2D eigenvalue weighted by molar-refractivity contribution is 0.0997. The summed E-state index contributed by atoms with van der Waals surface area (Å²) in [6, 6.07) is 5.24. The molecular weight excluding hydrogens is 302 g/mol. The van der Waals surface area contributed by atoms with Gasteiger partial charge >= 0.3 is 0 Å². The van der Waals surface area contributed by atoms with Crippen molar-refractivity contribution in [2.24, 2.45) is 0 Å². The van der Waals surface area contributed by atoms with Crippen LogP contribution in [0.5, 0.6) is 0 Å². The molecule has 2 aromatic heterocycles. The molecule has 0 saturated heterocycles. The molecular formula is C11H10BrN3OS. The number of thiophene rings is 1. The number of anilines is 2. The average molecular weight is 312 g/mol. The monoisotopic (exact) mass is 311 g/mol. The first-order valence-corrected chi connectivity index (χ1v) is 6.49. The third kappa shape index (κ3) is 2.65. The predicted octanol–water partition coefficient (Wildman–Crippen LogP) is 2.76. The number of halogens is 1. The second kappa shape index (κ2) is 4.85. The quantitative estimate of drug-likeness (QED) is 0.927. The molecule has 0 aliphatic heterocycles. The molecule has 0 radical (unpaired) electrons. The standard InChI is InChI=1S/C11H10BrN3OS/c1-15(8-2-3-10(13)14-5-8)11(16)9-4-7(12)6-17-9/h2-6H,1H3,(H2,13,14). The topological polar surface area (TPSA) is 59.2 Å². The van der Waals surface area contributed by atoms with Crippen molar-refractivity contribution in [3.8, 4) is 0 Å². The Balaban J connectivity index is 2.23. The van der Waals surface area contributed by atoms with E-state index in [4.69, 9.17) is 5.73 Å². The molecule has 0 unspecified atom stereocenters. The van der Waals surface area contributed by atoms with E-state index in [1.807, 2.05) is 5.38 Å². The number of amides is 1. The lowest BCUT2D eigenvalue weighted by atomic mass is 10.3. The first-order chi connectivity index (χ1) is 8.08. The molecule has 0 aliphatic carbocycles. The van der Waals surface area contributed by atoms with Crippen LogP contribution in [-0.4, -0.2) is 17.9 Å². The Hall–Kier alpha value is -1.40. The van der Waals surface area contributed by atoms with E-state index in [0.29, 0.717) is 16.4 Å². The minimum absolute atomic E-state index is 0.0627. The zero-order valence-corrected chi connectivity index (χ0v) is 11.5. The molecule has 1 amide bonds. The largest absolute Gasteiger partial charge is 0.384 e. The van der Waals surface area contributed by atoms with Crippen LogP contribution in [0.15, 0.2) is 34.2 Å². The minimum Gasteiger partial charge on any atom is -0.384 e. The van der Waals surface area contributed by atoms with E-state index in [1.54, 1.807) is 36.3 Å². The van der Waals surface area contributed by atoms with Crippen LogP contribution in [0.2, 0.25) is 0 Å². The summed E-state index contributed by atoms with van der Waals surface area (Å²) in [4.78, 5) is 18.3. The van der Waals surface area contributed by atoms with Gasteiger partial charge in [-0.15, -0.1) is 11.3 Å². The summed E-state index contributed by atoms with van der Waals surface area (Å²) in [5, 5.41) is 1.88. The molecule has 0 saturated carbocycles. The molecule has 6 heteroatoms. The highest BCUT2D eigenvalue weighted by atomic mass is 79.9. The molecule has 17 heavy (non-hydrogen) atoms. The number of hydrogen-bond donors (Lipinski definition) is 1. The van der Waals surface area contributed by atoms with Gasteiger partial charge in [0.05, 0.1) is 16.8 Å². The highest BCUT2D eigenvalue weighted by molar-refractivity contribution is 9.10. The van der Waals surface area contributed by atoms with Gasteiger partial charge in [0.2, 0.25) is 0 Å². The number of nitrogens with two attached hydrogens (primary N) is 1. The van der Waals surface area contributed by atoms with Crippen molar-refractivity contribution in [1.29, 1.82) is 0 Å². The summed E-state index contributed by atoms with van der Waals surface area (Å²) in [5.74, 6) is 0.376. The Morgan fingerprint density at radius 1 is 1.53 bits per heavy atom. The first-order valence-electron chi connectivity index (χ1n) is 4.81. The molecule has 4 nitrogen and oxygen atoms in total. The van der Waals surface area contributed by atoms with Crippen LogP contribution in [0.25, 0.3) is 0 Å². The third-order valence-corrected chi connectivity index (χ3v) is 3.92. The number of aromatic nitrogens is 1. The lowest BCUT2D eigenvalue weighted by Crippen LogP contribution is -2.25. The van der Waals surface area contributed by atoms with Gasteiger partial charge in [-0.2, -0.15) is 0 Å². The maximum absolute atomic E-state index is 12.1. The molecule has 2 aromatic rings. The summed E-state index contributed by atoms with van der Waals surface area (Å²) < 4.78 is 0.912. The second-order valence-electron chi connectivity index (χ2n) is 3.43. The van der Waals surface area contributed by atoms with Crippen LogP contribution in [0, 0.1) is 0 Å². The first kappa shape index (κ1) is 12.1. The van der Waals surface area contributed by atoms with Gasteiger partial charge in [0.15, 0.2) is 0 Å². The van der Waals surface area contributed by atoms with Gasteiger partial charge in [0.25, 0.3) is 5.91 Å². The smallest absolute Gasteiger partial charge is 0.268 e. The van der Waals surface area contributed by atoms with E-state index >= 15 is 0 Å². The van der Waals surface area contributed by atoms with E-state index < -0.39 is 0 Å². The van der Waals surface area contributed by atoms with E-state index in [0.717, 1.165) is 4.47 Å². The van der Waals surface area contributed by atoms with Crippen molar-refractivity contribution in [3.63, 3.8) is 0 Å². The summed E-state index contributed by atoms with van der Waals surface area (Å²) in [6.45, 7) is 0. The SMILES string of the molecule is CN(C(=O)c1cc(Br)cs1)c1ccc(N)nc1. The Labute approximate surface area is 111 Å². The number of carbonyl (C=O) groups is 1. The number of carbonyl (C=O) groups excluding carboxylic acids is 1. The summed E-state index contributed by atoms with van der Waals surface area (Å²) in [5.41, 5.74) is 6.22. The van der Waals surface area contributed by atoms with Gasteiger partial charge in [-0.05, 0) is 34.1 Å². The van der Waals surface area contributed by atoms with E-state index in [1.165, 1.54) is 11.3 Å². The van der Waals surface area contributed by atoms with E-state index in [2.05, 4.69) is 20.9 Å². The molecule has 88 valence electrons. The summed E-state index contributed by atoms with van der Waals surface area (Å²) in [7, 11) is 1.71. The molecule has 0 fully saturated rings. The minimum atomic E-state index is -0.0627. The molecule has 0 bridgehead atoms. The normalized spacial score (nSPS) is 10.2. The Kier molecular flexibility index (Phi) is 3.44. The molecule has 2 N–H and O–H groups in total. The molecule has 0 spiro atoms. The van der Waals surface area contributed by atoms with Crippen LogP contribution < -0.4 is 10.6 Å². The van der Waals surface area contributed by atoms with Crippen molar-refractivity contribution in [1.82, 2.24) is 4.98 Å². The molecule has 0 atom stereocenters. The summed E-state index contributed by atoms with van der Waals surface area (Å²) >= 11 is 4.73. The number of nitrogen functional groups attached to an aromatic ring is 1. The molecule has 2 rings (SSSR count). The van der Waals surface area contributed by atoms with Crippen molar-refractivity contribution in [3.05, 3.63) is 39.1 Å². The molecule has 2 heterocycles. The van der Waals surface area contributed by atoms with Crippen LogP contribution in [-0.2, 0) is 0 Å². The lowest BCUT2D eigenvalue weighted by Gasteiger charge is -2.15. The fourth-order valence-electron chi connectivity index (χ4n) is 1.30. The maximum atomic E-state index is 12.1. The third-order valence-electron chi connectivity index (χ3n) is 2.24. The highest BCUT2D eigenvalue weighted by Crippen LogP contribution is 2.23. The maximum Gasteiger partial charge on any atom is 0.268 e. The summed E-state index contributed by atoms with van der Waals surface area (Å²) in [6.07, 6.45) is 1.58. The van der Waals surface area contributed by atoms with Gasteiger partial charge in [0, 0.05) is 16.9 Å². The Morgan fingerprint density at radius 2 is 2.29 bits per heavy atom. The molecule has 0 aromatic carbocycles. The van der Waals surface area contributed by atoms with Crippen molar-refractivity contribution in [2.45, 2.75) is 0 Å². The number of hydrogen-bond acceptors (Lipinski definition) is 4. The van der Waals surface area contributed by atoms with Gasteiger partial charge < -0.3 is 10.6 Å². The molecule has 0 aliphatic rings. The zero-order chi connectivity index (χ0) is 12.4. The van der Waals surface area contributed by atoms with Crippen LogP contribution >= 0.6 is 27.3 Å². The number of rotatable bonds is 2. The van der Waals surface area contributed by atoms with Gasteiger partial charge in [-0.3, -0.25) is 4.79 Å². The van der Waals surface area contributed by atoms with E-state index in [-0.39, 0.29) is 5.91 Å².